The summed E-state index contributed by atoms with van der Waals surface area (Å²) < 4.78 is 0. The minimum atomic E-state index is -0.0156. The van der Waals surface area contributed by atoms with Gasteiger partial charge in [0, 0.05) is 19.0 Å². The number of ketones is 1. The Morgan fingerprint density at radius 1 is 1.28 bits per heavy atom. The van der Waals surface area contributed by atoms with Gasteiger partial charge in [0.15, 0.2) is 5.78 Å². The maximum atomic E-state index is 11.3. The molecule has 1 aromatic rings. The fraction of sp³-hybridized carbons (Fsp3) is 0.333. The Hall–Kier alpha value is -1.90. The molecule has 1 rings (SSSR count). The molecule has 0 saturated heterocycles. The minimum Gasteiger partial charge on any atom is -0.356 e. The topological polar surface area (TPSA) is 46.2 Å². The van der Waals surface area contributed by atoms with E-state index in [9.17, 15) is 9.59 Å². The molecule has 0 unspecified atom stereocenters. The largest absolute Gasteiger partial charge is 0.356 e. The Morgan fingerprint density at radius 3 is 2.61 bits per heavy atom. The van der Waals surface area contributed by atoms with E-state index in [4.69, 9.17) is 0 Å². The molecule has 0 aliphatic rings. The molecule has 3 heteroatoms. The van der Waals surface area contributed by atoms with Gasteiger partial charge in [0.2, 0.25) is 5.91 Å². The monoisotopic (exact) mass is 245 g/mol. The highest BCUT2D eigenvalue weighted by atomic mass is 16.1. The van der Waals surface area contributed by atoms with Crippen molar-refractivity contribution in [3.63, 3.8) is 0 Å². The number of hydrogen-bond acceptors (Lipinski definition) is 2. The molecule has 0 atom stereocenters. The maximum absolute atomic E-state index is 11.3. The lowest BCUT2D eigenvalue weighted by atomic mass is 10.0. The summed E-state index contributed by atoms with van der Waals surface area (Å²) in [6.45, 7) is 5.72. The molecule has 18 heavy (non-hydrogen) atoms. The van der Waals surface area contributed by atoms with Gasteiger partial charge in [-0.1, -0.05) is 24.3 Å². The highest BCUT2D eigenvalue weighted by Crippen LogP contribution is 2.13. The summed E-state index contributed by atoms with van der Waals surface area (Å²) in [4.78, 5) is 22.0. The van der Waals surface area contributed by atoms with Crippen LogP contribution in [-0.2, 0) is 4.79 Å². The van der Waals surface area contributed by atoms with Crippen molar-refractivity contribution in [2.24, 2.45) is 0 Å². The van der Waals surface area contributed by atoms with E-state index in [1.165, 1.54) is 6.92 Å². The van der Waals surface area contributed by atoms with Crippen molar-refractivity contribution in [2.75, 3.05) is 6.54 Å². The van der Waals surface area contributed by atoms with Crippen LogP contribution in [0.25, 0.3) is 6.08 Å². The van der Waals surface area contributed by atoms with E-state index in [1.54, 1.807) is 6.92 Å². The first-order valence-electron chi connectivity index (χ1n) is 6.03. The average Bonchev–Trinajstić information content (AvgIpc) is 2.30. The number of rotatable bonds is 5. The predicted octanol–water partition coefficient (Wildman–Crippen LogP) is 2.74. The van der Waals surface area contributed by atoms with Crippen molar-refractivity contribution in [1.29, 1.82) is 0 Å². The van der Waals surface area contributed by atoms with Crippen LogP contribution in [-0.4, -0.2) is 18.2 Å². The molecule has 0 aliphatic heterocycles. The lowest BCUT2D eigenvalue weighted by molar-refractivity contribution is -0.118. The van der Waals surface area contributed by atoms with Gasteiger partial charge in [0.25, 0.3) is 0 Å². The van der Waals surface area contributed by atoms with Crippen LogP contribution >= 0.6 is 0 Å². The van der Waals surface area contributed by atoms with E-state index < -0.39 is 0 Å². The first kappa shape index (κ1) is 14.2. The van der Waals surface area contributed by atoms with Crippen LogP contribution in [0, 0.1) is 6.92 Å². The van der Waals surface area contributed by atoms with Gasteiger partial charge in [0.05, 0.1) is 0 Å². The number of Topliss-reactive ketones (excluding diaryl/α,β-unsaturated/α-hetero) is 1. The summed E-state index contributed by atoms with van der Waals surface area (Å²) in [5.74, 6) is 0.0565. The summed E-state index contributed by atoms with van der Waals surface area (Å²) in [6, 6.07) is 5.68. The Kier molecular flexibility index (Phi) is 5.31. The van der Waals surface area contributed by atoms with Gasteiger partial charge < -0.3 is 5.32 Å². The van der Waals surface area contributed by atoms with E-state index in [-0.39, 0.29) is 11.7 Å². The van der Waals surface area contributed by atoms with Gasteiger partial charge in [-0.3, -0.25) is 9.59 Å². The standard InChI is InChI=1S/C15H19NO2/c1-11-7-8-15(12(2)17)10-14(11)6-4-5-9-16-13(3)18/h4,6-8,10H,5,9H2,1-3H3,(H,16,18). The van der Waals surface area contributed by atoms with Gasteiger partial charge in [0.1, 0.15) is 0 Å². The number of carbonyl (C=O) groups excluding carboxylic acids is 2. The molecule has 0 fully saturated rings. The zero-order valence-electron chi connectivity index (χ0n) is 11.1. The number of nitrogens with one attached hydrogen (secondary N) is 1. The molecule has 0 radical (unpaired) electrons. The summed E-state index contributed by atoms with van der Waals surface area (Å²) in [5.41, 5.74) is 2.91. The third-order valence-electron chi connectivity index (χ3n) is 2.67. The van der Waals surface area contributed by atoms with Gasteiger partial charge in [-0.05, 0) is 37.5 Å². The third kappa shape index (κ3) is 4.53. The molecule has 0 spiro atoms. The minimum absolute atomic E-state index is 0.0156. The summed E-state index contributed by atoms with van der Waals surface area (Å²) in [7, 11) is 0. The van der Waals surface area contributed by atoms with Crippen LogP contribution in [0.15, 0.2) is 24.3 Å². The van der Waals surface area contributed by atoms with Crippen LogP contribution in [0.2, 0.25) is 0 Å². The fourth-order valence-electron chi connectivity index (χ4n) is 1.58. The molecule has 1 amide bonds. The third-order valence-corrected chi connectivity index (χ3v) is 2.67. The highest BCUT2D eigenvalue weighted by molar-refractivity contribution is 5.94. The smallest absolute Gasteiger partial charge is 0.216 e. The van der Waals surface area contributed by atoms with E-state index in [0.717, 1.165) is 23.1 Å². The Morgan fingerprint density at radius 2 is 2.00 bits per heavy atom. The van der Waals surface area contributed by atoms with Crippen LogP contribution in [0.1, 0.15) is 41.8 Å². The molecule has 0 aliphatic carbocycles. The number of carbonyl (C=O) groups is 2. The molecule has 1 aromatic carbocycles. The van der Waals surface area contributed by atoms with Crippen LogP contribution in [0.4, 0.5) is 0 Å². The quantitative estimate of drug-likeness (QED) is 0.640. The average molecular weight is 245 g/mol. The first-order chi connectivity index (χ1) is 8.50. The first-order valence-corrected chi connectivity index (χ1v) is 6.03. The van der Waals surface area contributed by atoms with Crippen LogP contribution in [0.3, 0.4) is 0 Å². The molecule has 1 N–H and O–H groups in total. The molecule has 0 heterocycles. The van der Waals surface area contributed by atoms with Gasteiger partial charge >= 0.3 is 0 Å². The fourth-order valence-corrected chi connectivity index (χ4v) is 1.58. The normalized spacial score (nSPS) is 10.6. The molecule has 0 saturated carbocycles. The highest BCUT2D eigenvalue weighted by Gasteiger charge is 2.01. The lowest BCUT2D eigenvalue weighted by Gasteiger charge is -2.03. The van der Waals surface area contributed by atoms with Crippen molar-refractivity contribution >= 4 is 17.8 Å². The van der Waals surface area contributed by atoms with Crippen LogP contribution < -0.4 is 5.32 Å². The molecule has 3 nitrogen and oxygen atoms in total. The summed E-state index contributed by atoms with van der Waals surface area (Å²) in [6.07, 6.45) is 4.77. The van der Waals surface area contributed by atoms with E-state index in [2.05, 4.69) is 5.32 Å². The number of aryl methyl sites for hydroxylation is 1. The molecule has 0 aromatic heterocycles. The van der Waals surface area contributed by atoms with Crippen molar-refractivity contribution in [2.45, 2.75) is 27.2 Å². The van der Waals surface area contributed by atoms with Gasteiger partial charge in [-0.2, -0.15) is 0 Å². The summed E-state index contributed by atoms with van der Waals surface area (Å²) in [5, 5.41) is 2.73. The molecular formula is C15H19NO2. The summed E-state index contributed by atoms with van der Waals surface area (Å²) >= 11 is 0. The number of amides is 1. The number of hydrogen-bond donors (Lipinski definition) is 1. The predicted molar refractivity (Wildman–Crippen MR) is 73.5 cm³/mol. The van der Waals surface area contributed by atoms with Crippen LogP contribution in [0.5, 0.6) is 0 Å². The van der Waals surface area contributed by atoms with E-state index in [0.29, 0.717) is 6.54 Å². The zero-order valence-corrected chi connectivity index (χ0v) is 11.1. The van der Waals surface area contributed by atoms with Gasteiger partial charge in [-0.15, -0.1) is 0 Å². The van der Waals surface area contributed by atoms with E-state index >= 15 is 0 Å². The second-order valence-corrected chi connectivity index (χ2v) is 4.30. The Bertz CT molecular complexity index is 475. The van der Waals surface area contributed by atoms with Crippen molar-refractivity contribution in [3.8, 4) is 0 Å². The van der Waals surface area contributed by atoms with E-state index in [1.807, 2.05) is 37.3 Å². The molecular weight excluding hydrogens is 226 g/mol. The maximum Gasteiger partial charge on any atom is 0.216 e. The second-order valence-electron chi connectivity index (χ2n) is 4.30. The van der Waals surface area contributed by atoms with Gasteiger partial charge in [-0.25, -0.2) is 0 Å². The molecule has 0 bridgehead atoms. The van der Waals surface area contributed by atoms with Crippen molar-refractivity contribution < 1.29 is 9.59 Å². The Labute approximate surface area is 108 Å². The van der Waals surface area contributed by atoms with Crippen molar-refractivity contribution in [1.82, 2.24) is 5.32 Å². The zero-order chi connectivity index (χ0) is 13.5. The van der Waals surface area contributed by atoms with Crippen molar-refractivity contribution in [3.05, 3.63) is 41.0 Å². The SMILES string of the molecule is CC(=O)NCCC=Cc1cc(C(C)=O)ccc1C. The second kappa shape index (κ2) is 6.74. The Balaban J connectivity index is 2.65. The number of benzene rings is 1. The molecule has 96 valence electrons. The lowest BCUT2D eigenvalue weighted by Crippen LogP contribution is -2.20.